The molecule has 22 heavy (non-hydrogen) atoms. The first kappa shape index (κ1) is 17.4. The normalized spacial score (nSPS) is 20.6. The molecule has 0 aliphatic carbocycles. The van der Waals surface area contributed by atoms with Crippen molar-refractivity contribution in [3.05, 3.63) is 34.3 Å². The molecule has 2 unspecified atom stereocenters. The molecular weight excluding hydrogens is 342 g/mol. The number of hydrogen-bond acceptors (Lipinski definition) is 3. The molecule has 0 saturated carbocycles. The summed E-state index contributed by atoms with van der Waals surface area (Å²) in [4.78, 5) is 14.6. The van der Waals surface area contributed by atoms with Crippen molar-refractivity contribution in [1.82, 2.24) is 10.2 Å². The number of hydrogen-bond donors (Lipinski definition) is 2. The van der Waals surface area contributed by atoms with Gasteiger partial charge in [-0.2, -0.15) is 0 Å². The monoisotopic (exact) mass is 367 g/mol. The summed E-state index contributed by atoms with van der Waals surface area (Å²) in [5, 5.41) is 3.10. The minimum absolute atomic E-state index is 0.0262. The van der Waals surface area contributed by atoms with Crippen molar-refractivity contribution < 1.29 is 4.79 Å². The van der Waals surface area contributed by atoms with E-state index >= 15 is 0 Å². The number of amides is 1. The number of halogens is 1. The third-order valence-corrected chi connectivity index (χ3v) is 4.87. The maximum atomic E-state index is 12.3. The van der Waals surface area contributed by atoms with Crippen LogP contribution >= 0.6 is 15.9 Å². The van der Waals surface area contributed by atoms with E-state index in [4.69, 9.17) is 5.73 Å². The predicted octanol–water partition coefficient (Wildman–Crippen LogP) is 2.83. The highest BCUT2D eigenvalue weighted by Gasteiger charge is 2.24. The fourth-order valence-electron chi connectivity index (χ4n) is 3.09. The molecule has 3 N–H and O–H groups in total. The number of nitrogens with two attached hydrogens (primary N) is 1. The Balaban J connectivity index is 1.87. The van der Waals surface area contributed by atoms with Crippen molar-refractivity contribution >= 4 is 21.8 Å². The first-order valence-corrected chi connectivity index (χ1v) is 8.88. The SMILES string of the molecule is CC(NC(=O)CN1CCCCC1CCN)c1ccc(Br)cc1. The molecule has 0 bridgehead atoms. The van der Waals surface area contributed by atoms with Crippen LogP contribution in [0.4, 0.5) is 0 Å². The zero-order chi connectivity index (χ0) is 15.9. The molecule has 1 aliphatic rings. The van der Waals surface area contributed by atoms with Crippen molar-refractivity contribution in [2.24, 2.45) is 5.73 Å². The van der Waals surface area contributed by atoms with Gasteiger partial charge in [0.05, 0.1) is 12.6 Å². The fourth-order valence-corrected chi connectivity index (χ4v) is 3.36. The molecular formula is C17H26BrN3O. The summed E-state index contributed by atoms with van der Waals surface area (Å²) in [5.41, 5.74) is 6.81. The predicted molar refractivity (Wildman–Crippen MR) is 93.6 cm³/mol. The molecule has 1 amide bonds. The third-order valence-electron chi connectivity index (χ3n) is 4.34. The number of likely N-dealkylation sites (tertiary alicyclic amines) is 1. The highest BCUT2D eigenvalue weighted by Crippen LogP contribution is 2.20. The van der Waals surface area contributed by atoms with Gasteiger partial charge in [-0.15, -0.1) is 0 Å². The molecule has 2 rings (SSSR count). The molecule has 5 heteroatoms. The van der Waals surface area contributed by atoms with E-state index in [0.29, 0.717) is 19.1 Å². The minimum atomic E-state index is 0.0262. The third kappa shape index (κ3) is 5.07. The lowest BCUT2D eigenvalue weighted by atomic mass is 9.99. The molecule has 0 spiro atoms. The van der Waals surface area contributed by atoms with Crippen LogP contribution in [0.3, 0.4) is 0 Å². The summed E-state index contributed by atoms with van der Waals surface area (Å²) in [6.07, 6.45) is 4.57. The molecule has 2 atom stereocenters. The first-order valence-electron chi connectivity index (χ1n) is 8.09. The number of carbonyl (C=O) groups is 1. The topological polar surface area (TPSA) is 58.4 Å². The molecule has 0 radical (unpaired) electrons. The second-order valence-corrected chi connectivity index (χ2v) is 6.95. The maximum absolute atomic E-state index is 12.3. The van der Waals surface area contributed by atoms with E-state index in [1.54, 1.807) is 0 Å². The van der Waals surface area contributed by atoms with Gasteiger partial charge in [-0.25, -0.2) is 0 Å². The molecule has 1 fully saturated rings. The standard InChI is InChI=1S/C17H26BrN3O/c1-13(14-5-7-15(18)8-6-14)20-17(22)12-21-11-3-2-4-16(21)9-10-19/h5-8,13,16H,2-4,9-12,19H2,1H3,(H,20,22). The van der Waals surface area contributed by atoms with Crippen LogP contribution < -0.4 is 11.1 Å². The van der Waals surface area contributed by atoms with Gasteiger partial charge in [-0.05, 0) is 57.0 Å². The van der Waals surface area contributed by atoms with Crippen LogP contribution in [0, 0.1) is 0 Å². The minimum Gasteiger partial charge on any atom is -0.348 e. The van der Waals surface area contributed by atoms with Gasteiger partial charge in [0.2, 0.25) is 5.91 Å². The van der Waals surface area contributed by atoms with Crippen LogP contribution in [0.15, 0.2) is 28.7 Å². The summed E-state index contributed by atoms with van der Waals surface area (Å²) in [6, 6.07) is 8.56. The molecule has 1 heterocycles. The Bertz CT molecular complexity index is 475. The van der Waals surface area contributed by atoms with E-state index in [1.807, 2.05) is 31.2 Å². The van der Waals surface area contributed by atoms with E-state index < -0.39 is 0 Å². The van der Waals surface area contributed by atoms with Gasteiger partial charge in [0.25, 0.3) is 0 Å². The van der Waals surface area contributed by atoms with Crippen LogP contribution in [-0.4, -0.2) is 36.5 Å². The van der Waals surface area contributed by atoms with Gasteiger partial charge in [0.15, 0.2) is 0 Å². The van der Waals surface area contributed by atoms with E-state index in [2.05, 4.69) is 26.1 Å². The van der Waals surface area contributed by atoms with Crippen LogP contribution in [0.25, 0.3) is 0 Å². The van der Waals surface area contributed by atoms with Crippen molar-refractivity contribution in [2.45, 2.75) is 44.7 Å². The highest BCUT2D eigenvalue weighted by atomic mass is 79.9. The Kier molecular flexibility index (Phi) is 6.86. The summed E-state index contributed by atoms with van der Waals surface area (Å²) in [6.45, 7) is 4.20. The van der Waals surface area contributed by atoms with Gasteiger partial charge >= 0.3 is 0 Å². The van der Waals surface area contributed by atoms with Gasteiger partial charge < -0.3 is 11.1 Å². The first-order chi connectivity index (χ1) is 10.6. The average Bonchev–Trinajstić information content (AvgIpc) is 2.50. The fraction of sp³-hybridized carbons (Fsp3) is 0.588. The van der Waals surface area contributed by atoms with E-state index in [9.17, 15) is 4.79 Å². The molecule has 1 aromatic carbocycles. The Morgan fingerprint density at radius 2 is 2.14 bits per heavy atom. The Morgan fingerprint density at radius 3 is 2.82 bits per heavy atom. The second kappa shape index (κ2) is 8.65. The van der Waals surface area contributed by atoms with Crippen molar-refractivity contribution in [3.63, 3.8) is 0 Å². The number of benzene rings is 1. The van der Waals surface area contributed by atoms with Crippen LogP contribution in [0.1, 0.15) is 44.2 Å². The number of piperidine rings is 1. The van der Waals surface area contributed by atoms with Crippen molar-refractivity contribution in [1.29, 1.82) is 0 Å². The second-order valence-electron chi connectivity index (χ2n) is 6.04. The maximum Gasteiger partial charge on any atom is 0.234 e. The molecule has 4 nitrogen and oxygen atoms in total. The molecule has 1 aromatic rings. The van der Waals surface area contributed by atoms with Crippen molar-refractivity contribution in [2.75, 3.05) is 19.6 Å². The Morgan fingerprint density at radius 1 is 1.41 bits per heavy atom. The molecule has 1 saturated heterocycles. The largest absolute Gasteiger partial charge is 0.348 e. The molecule has 1 aliphatic heterocycles. The molecule has 122 valence electrons. The van der Waals surface area contributed by atoms with Crippen LogP contribution in [0.5, 0.6) is 0 Å². The Hall–Kier alpha value is -0.910. The van der Waals surface area contributed by atoms with E-state index in [-0.39, 0.29) is 11.9 Å². The highest BCUT2D eigenvalue weighted by molar-refractivity contribution is 9.10. The number of rotatable bonds is 6. The quantitative estimate of drug-likeness (QED) is 0.812. The summed E-state index contributed by atoms with van der Waals surface area (Å²) < 4.78 is 1.05. The lowest BCUT2D eigenvalue weighted by molar-refractivity contribution is -0.123. The summed E-state index contributed by atoms with van der Waals surface area (Å²) >= 11 is 3.43. The smallest absolute Gasteiger partial charge is 0.234 e. The lowest BCUT2D eigenvalue weighted by Crippen LogP contribution is -2.46. The average molecular weight is 368 g/mol. The zero-order valence-corrected chi connectivity index (χ0v) is 14.8. The Labute approximate surface area is 141 Å². The number of nitrogens with one attached hydrogen (secondary N) is 1. The summed E-state index contributed by atoms with van der Waals surface area (Å²) in [5.74, 6) is 0.0966. The van der Waals surface area contributed by atoms with Crippen LogP contribution in [0.2, 0.25) is 0 Å². The van der Waals surface area contributed by atoms with Crippen molar-refractivity contribution in [3.8, 4) is 0 Å². The van der Waals surface area contributed by atoms with Gasteiger partial charge in [-0.1, -0.05) is 34.5 Å². The van der Waals surface area contributed by atoms with E-state index in [0.717, 1.165) is 29.4 Å². The number of nitrogens with zero attached hydrogens (tertiary/aromatic N) is 1. The van der Waals surface area contributed by atoms with Gasteiger partial charge in [0.1, 0.15) is 0 Å². The number of carbonyl (C=O) groups excluding carboxylic acids is 1. The van der Waals surface area contributed by atoms with Gasteiger partial charge in [-0.3, -0.25) is 9.69 Å². The molecule has 0 aromatic heterocycles. The van der Waals surface area contributed by atoms with Crippen LogP contribution in [-0.2, 0) is 4.79 Å². The van der Waals surface area contributed by atoms with Gasteiger partial charge in [0, 0.05) is 10.5 Å². The summed E-state index contributed by atoms with van der Waals surface area (Å²) in [7, 11) is 0. The zero-order valence-electron chi connectivity index (χ0n) is 13.2. The van der Waals surface area contributed by atoms with E-state index in [1.165, 1.54) is 12.8 Å². The lowest BCUT2D eigenvalue weighted by Gasteiger charge is -2.35.